The summed E-state index contributed by atoms with van der Waals surface area (Å²) in [5.74, 6) is -0.837. The Morgan fingerprint density at radius 2 is 2.20 bits per heavy atom. The summed E-state index contributed by atoms with van der Waals surface area (Å²) in [7, 11) is 0. The van der Waals surface area contributed by atoms with Crippen molar-refractivity contribution >= 4 is 5.97 Å². The van der Waals surface area contributed by atoms with Gasteiger partial charge in [0.05, 0.1) is 6.61 Å². The molecule has 82 valence electrons. The third-order valence-corrected chi connectivity index (χ3v) is 2.22. The van der Waals surface area contributed by atoms with Gasteiger partial charge in [-0.05, 0) is 20.8 Å². The Kier molecular flexibility index (Phi) is 3.45. The number of aryl methyl sites for hydroxylation is 1. The molecule has 0 aromatic heterocycles. The fourth-order valence-electron chi connectivity index (χ4n) is 1.32. The van der Waals surface area contributed by atoms with Gasteiger partial charge in [-0.3, -0.25) is 0 Å². The lowest BCUT2D eigenvalue weighted by molar-refractivity contribution is -0.156. The van der Waals surface area contributed by atoms with Crippen LogP contribution in [0.3, 0.4) is 0 Å². The number of benzene rings is 1. The van der Waals surface area contributed by atoms with E-state index in [-0.39, 0.29) is 6.61 Å². The van der Waals surface area contributed by atoms with E-state index in [0.29, 0.717) is 5.56 Å². The Labute approximate surface area is 89.1 Å². The number of ether oxygens (including phenoxy) is 1. The molecule has 1 aromatic carbocycles. The molecule has 3 heteroatoms. The molecule has 0 saturated heterocycles. The summed E-state index contributed by atoms with van der Waals surface area (Å²) in [5.41, 5.74) is -0.816. The predicted molar refractivity (Wildman–Crippen MR) is 56.3 cm³/mol. The summed E-state index contributed by atoms with van der Waals surface area (Å²) < 4.78 is 18.8. The molecule has 1 unspecified atom stereocenters. The first-order chi connectivity index (χ1) is 6.98. The van der Waals surface area contributed by atoms with E-state index in [1.807, 2.05) is 13.0 Å². The lowest BCUT2D eigenvalue weighted by Gasteiger charge is -2.18. The van der Waals surface area contributed by atoms with Crippen molar-refractivity contribution < 1.29 is 13.9 Å². The van der Waals surface area contributed by atoms with Crippen LogP contribution >= 0.6 is 0 Å². The molecule has 0 fully saturated rings. The summed E-state index contributed by atoms with van der Waals surface area (Å²) in [5, 5.41) is 0. The summed E-state index contributed by atoms with van der Waals surface area (Å²) in [6.45, 7) is 4.92. The van der Waals surface area contributed by atoms with Crippen molar-refractivity contribution in [1.82, 2.24) is 0 Å². The van der Waals surface area contributed by atoms with E-state index in [0.717, 1.165) is 5.56 Å². The number of hydrogen-bond donors (Lipinski definition) is 0. The smallest absolute Gasteiger partial charge is 0.348 e. The number of halogens is 1. The standard InChI is InChI=1S/C12H15FO2/c1-4-15-11(14)12(3,13)10-7-5-6-9(2)8-10/h5-8H,4H2,1-3H3. The normalized spacial score (nSPS) is 14.4. The first-order valence-electron chi connectivity index (χ1n) is 4.91. The number of esters is 1. The second-order valence-electron chi connectivity index (χ2n) is 3.59. The highest BCUT2D eigenvalue weighted by atomic mass is 19.1. The largest absolute Gasteiger partial charge is 0.463 e. The SMILES string of the molecule is CCOC(=O)C(C)(F)c1cccc(C)c1. The fourth-order valence-corrected chi connectivity index (χ4v) is 1.32. The molecule has 0 heterocycles. The Morgan fingerprint density at radius 3 is 2.73 bits per heavy atom. The number of rotatable bonds is 3. The average Bonchev–Trinajstić information content (AvgIpc) is 2.18. The average molecular weight is 210 g/mol. The highest BCUT2D eigenvalue weighted by molar-refractivity contribution is 5.80. The maximum Gasteiger partial charge on any atom is 0.348 e. The molecule has 15 heavy (non-hydrogen) atoms. The molecule has 1 rings (SSSR count). The van der Waals surface area contributed by atoms with Gasteiger partial charge in [0.15, 0.2) is 0 Å². The molecular weight excluding hydrogens is 195 g/mol. The van der Waals surface area contributed by atoms with Gasteiger partial charge in [0.1, 0.15) is 0 Å². The molecule has 1 aromatic rings. The van der Waals surface area contributed by atoms with E-state index in [2.05, 4.69) is 4.74 Å². The van der Waals surface area contributed by atoms with Crippen LogP contribution < -0.4 is 0 Å². The molecule has 0 amide bonds. The first kappa shape index (κ1) is 11.7. The van der Waals surface area contributed by atoms with E-state index in [1.54, 1.807) is 25.1 Å². The Hall–Kier alpha value is -1.38. The van der Waals surface area contributed by atoms with Crippen molar-refractivity contribution in [1.29, 1.82) is 0 Å². The van der Waals surface area contributed by atoms with Crippen molar-refractivity contribution in [2.24, 2.45) is 0 Å². The van der Waals surface area contributed by atoms with Gasteiger partial charge in [-0.2, -0.15) is 0 Å². The van der Waals surface area contributed by atoms with Gasteiger partial charge in [-0.25, -0.2) is 9.18 Å². The lowest BCUT2D eigenvalue weighted by atomic mass is 9.96. The minimum Gasteiger partial charge on any atom is -0.463 e. The van der Waals surface area contributed by atoms with Crippen LogP contribution in [0.4, 0.5) is 4.39 Å². The molecule has 0 aliphatic heterocycles. The topological polar surface area (TPSA) is 26.3 Å². The van der Waals surface area contributed by atoms with Gasteiger partial charge in [-0.15, -0.1) is 0 Å². The molecular formula is C12H15FO2. The minimum absolute atomic E-state index is 0.185. The second kappa shape index (κ2) is 4.43. The maximum atomic E-state index is 14.1. The van der Waals surface area contributed by atoms with Crippen LogP contribution in [0.1, 0.15) is 25.0 Å². The predicted octanol–water partition coefficient (Wildman–Crippen LogP) is 2.74. The molecule has 2 nitrogen and oxygen atoms in total. The zero-order chi connectivity index (χ0) is 11.5. The van der Waals surface area contributed by atoms with E-state index in [4.69, 9.17) is 0 Å². The van der Waals surface area contributed by atoms with Gasteiger partial charge >= 0.3 is 5.97 Å². The van der Waals surface area contributed by atoms with Gasteiger partial charge in [-0.1, -0.05) is 29.8 Å². The van der Waals surface area contributed by atoms with Crippen molar-refractivity contribution in [2.45, 2.75) is 26.4 Å². The number of hydrogen-bond acceptors (Lipinski definition) is 2. The maximum absolute atomic E-state index is 14.1. The Balaban J connectivity index is 2.99. The molecule has 0 aliphatic rings. The zero-order valence-corrected chi connectivity index (χ0v) is 9.21. The van der Waals surface area contributed by atoms with E-state index >= 15 is 0 Å². The van der Waals surface area contributed by atoms with E-state index < -0.39 is 11.6 Å². The lowest BCUT2D eigenvalue weighted by Crippen LogP contribution is -2.29. The summed E-state index contributed by atoms with van der Waals surface area (Å²) in [4.78, 5) is 11.4. The monoisotopic (exact) mass is 210 g/mol. The summed E-state index contributed by atoms with van der Waals surface area (Å²) in [6.07, 6.45) is 0. The Bertz CT molecular complexity index is 358. The summed E-state index contributed by atoms with van der Waals surface area (Å²) >= 11 is 0. The molecule has 0 spiro atoms. The van der Waals surface area contributed by atoms with Crippen LogP contribution in [0.5, 0.6) is 0 Å². The van der Waals surface area contributed by atoms with Crippen molar-refractivity contribution in [3.63, 3.8) is 0 Å². The molecule has 0 aliphatic carbocycles. The van der Waals surface area contributed by atoms with Crippen LogP contribution in [-0.2, 0) is 15.2 Å². The molecule has 0 radical (unpaired) electrons. The molecule has 0 bridgehead atoms. The van der Waals surface area contributed by atoms with Crippen LogP contribution in [0.15, 0.2) is 24.3 Å². The Morgan fingerprint density at radius 1 is 1.53 bits per heavy atom. The van der Waals surface area contributed by atoms with E-state index in [9.17, 15) is 9.18 Å². The highest BCUT2D eigenvalue weighted by Gasteiger charge is 2.36. The third kappa shape index (κ3) is 2.55. The number of alkyl halides is 1. The molecule has 1 atom stereocenters. The van der Waals surface area contributed by atoms with Crippen LogP contribution in [0, 0.1) is 6.92 Å². The van der Waals surface area contributed by atoms with Gasteiger partial charge < -0.3 is 4.74 Å². The minimum atomic E-state index is -2.07. The van der Waals surface area contributed by atoms with Crippen LogP contribution in [0.2, 0.25) is 0 Å². The number of carbonyl (C=O) groups excluding carboxylic acids is 1. The second-order valence-corrected chi connectivity index (χ2v) is 3.59. The molecule has 0 saturated carbocycles. The van der Waals surface area contributed by atoms with Crippen molar-refractivity contribution in [3.8, 4) is 0 Å². The molecule has 0 N–H and O–H groups in total. The van der Waals surface area contributed by atoms with Crippen LogP contribution in [-0.4, -0.2) is 12.6 Å². The third-order valence-electron chi connectivity index (χ3n) is 2.22. The summed E-state index contributed by atoms with van der Waals surface area (Å²) in [6, 6.07) is 6.81. The highest BCUT2D eigenvalue weighted by Crippen LogP contribution is 2.27. The van der Waals surface area contributed by atoms with Crippen molar-refractivity contribution in [2.75, 3.05) is 6.61 Å². The van der Waals surface area contributed by atoms with Crippen molar-refractivity contribution in [3.05, 3.63) is 35.4 Å². The van der Waals surface area contributed by atoms with Crippen LogP contribution in [0.25, 0.3) is 0 Å². The first-order valence-corrected chi connectivity index (χ1v) is 4.91. The van der Waals surface area contributed by atoms with Gasteiger partial charge in [0, 0.05) is 5.56 Å². The zero-order valence-electron chi connectivity index (χ0n) is 9.21. The van der Waals surface area contributed by atoms with E-state index in [1.165, 1.54) is 6.92 Å². The van der Waals surface area contributed by atoms with Gasteiger partial charge in [0.25, 0.3) is 0 Å². The quantitative estimate of drug-likeness (QED) is 0.717. The number of carbonyl (C=O) groups is 1. The fraction of sp³-hybridized carbons (Fsp3) is 0.417. The van der Waals surface area contributed by atoms with Gasteiger partial charge in [0.2, 0.25) is 5.67 Å².